The summed E-state index contributed by atoms with van der Waals surface area (Å²) in [4.78, 5) is 31.4. The van der Waals surface area contributed by atoms with Crippen LogP contribution in [0.5, 0.6) is 5.75 Å². The van der Waals surface area contributed by atoms with Crippen molar-refractivity contribution in [2.24, 2.45) is 12.5 Å². The van der Waals surface area contributed by atoms with Gasteiger partial charge in [0.2, 0.25) is 0 Å². The topological polar surface area (TPSA) is 105 Å². The number of fused-ring (bicyclic) bond motifs is 1. The van der Waals surface area contributed by atoms with Gasteiger partial charge in [-0.3, -0.25) is 9.59 Å². The molecule has 1 unspecified atom stereocenters. The van der Waals surface area contributed by atoms with Crippen LogP contribution in [0.2, 0.25) is 0 Å². The van der Waals surface area contributed by atoms with Crippen molar-refractivity contribution in [3.05, 3.63) is 23.0 Å². The number of rotatable bonds is 5. The fourth-order valence-corrected chi connectivity index (χ4v) is 2.74. The Bertz CT molecular complexity index is 909. The van der Waals surface area contributed by atoms with Gasteiger partial charge in [-0.1, -0.05) is 0 Å². The number of esters is 1. The molecule has 8 heteroatoms. The number of hydrogen-bond acceptors (Lipinski definition) is 6. The summed E-state index contributed by atoms with van der Waals surface area (Å²) in [5, 5.41) is 19.4. The van der Waals surface area contributed by atoms with Crippen molar-refractivity contribution in [1.82, 2.24) is 14.5 Å². The Morgan fingerprint density at radius 2 is 1.93 bits per heavy atom. The second-order valence-electron chi connectivity index (χ2n) is 8.20. The van der Waals surface area contributed by atoms with Crippen molar-refractivity contribution in [1.29, 1.82) is 0 Å². The Kier molecular flexibility index (Phi) is 6.15. The molecule has 1 aromatic carbocycles. The SMILES string of the molecule is Cc1nc2c(OC(=O)C(C)(C)C)c(CC(O)CO)c(C(=O)N(C)C)cc2n1C. The summed E-state index contributed by atoms with van der Waals surface area (Å²) in [5.41, 5.74) is 0.952. The molecule has 0 fully saturated rings. The van der Waals surface area contributed by atoms with Crippen LogP contribution in [0.15, 0.2) is 6.07 Å². The van der Waals surface area contributed by atoms with E-state index in [9.17, 15) is 19.8 Å². The van der Waals surface area contributed by atoms with Gasteiger partial charge in [0.15, 0.2) is 5.75 Å². The maximum atomic E-state index is 12.8. The van der Waals surface area contributed by atoms with E-state index in [2.05, 4.69) is 4.98 Å². The maximum Gasteiger partial charge on any atom is 0.316 e. The molecule has 28 heavy (non-hydrogen) atoms. The minimum absolute atomic E-state index is 0.0519. The number of imidazole rings is 1. The molecule has 2 aromatic rings. The largest absolute Gasteiger partial charge is 0.423 e. The van der Waals surface area contributed by atoms with Gasteiger partial charge in [0.05, 0.1) is 23.6 Å². The molecule has 0 saturated heterocycles. The molecule has 0 bridgehead atoms. The molecule has 2 N–H and O–H groups in total. The second-order valence-corrected chi connectivity index (χ2v) is 8.20. The highest BCUT2D eigenvalue weighted by Gasteiger charge is 2.30. The van der Waals surface area contributed by atoms with Gasteiger partial charge in [-0.15, -0.1) is 0 Å². The Hall–Kier alpha value is -2.45. The van der Waals surface area contributed by atoms with E-state index in [0.29, 0.717) is 28.0 Å². The number of aryl methyl sites for hydroxylation is 2. The van der Waals surface area contributed by atoms with Crippen molar-refractivity contribution in [3.8, 4) is 5.75 Å². The predicted molar refractivity (Wildman–Crippen MR) is 105 cm³/mol. The van der Waals surface area contributed by atoms with E-state index in [0.717, 1.165) is 0 Å². The average Bonchev–Trinajstić information content (AvgIpc) is 2.89. The molecule has 0 radical (unpaired) electrons. The molecule has 1 amide bonds. The first-order chi connectivity index (χ1) is 12.9. The van der Waals surface area contributed by atoms with Gasteiger partial charge in [0.25, 0.3) is 5.91 Å². The highest BCUT2D eigenvalue weighted by Crippen LogP contribution is 2.35. The lowest BCUT2D eigenvalue weighted by atomic mass is 9.96. The minimum Gasteiger partial charge on any atom is -0.423 e. The molecule has 1 atom stereocenters. The third kappa shape index (κ3) is 4.18. The molecule has 0 aliphatic carbocycles. The van der Waals surface area contributed by atoms with Gasteiger partial charge < -0.3 is 24.4 Å². The Morgan fingerprint density at radius 3 is 2.43 bits per heavy atom. The quantitative estimate of drug-likeness (QED) is 0.590. The summed E-state index contributed by atoms with van der Waals surface area (Å²) in [6.07, 6.45) is -1.16. The van der Waals surface area contributed by atoms with Gasteiger partial charge >= 0.3 is 5.97 Å². The summed E-state index contributed by atoms with van der Waals surface area (Å²) in [5.74, 6) is 0.0604. The van der Waals surface area contributed by atoms with E-state index >= 15 is 0 Å². The number of aliphatic hydroxyl groups is 2. The van der Waals surface area contributed by atoms with E-state index in [-0.39, 0.29) is 18.1 Å². The summed E-state index contributed by atoms with van der Waals surface area (Å²) < 4.78 is 7.54. The first-order valence-electron chi connectivity index (χ1n) is 9.10. The number of benzene rings is 1. The van der Waals surface area contributed by atoms with Crippen LogP contribution in [0.1, 0.15) is 42.5 Å². The van der Waals surface area contributed by atoms with E-state index in [1.807, 2.05) is 18.5 Å². The lowest BCUT2D eigenvalue weighted by Gasteiger charge is -2.22. The van der Waals surface area contributed by atoms with Crippen LogP contribution in [0.4, 0.5) is 0 Å². The van der Waals surface area contributed by atoms with Gasteiger partial charge in [-0.2, -0.15) is 0 Å². The lowest BCUT2D eigenvalue weighted by molar-refractivity contribution is -0.142. The molecule has 1 aromatic heterocycles. The van der Waals surface area contributed by atoms with Crippen LogP contribution in [-0.4, -0.2) is 63.3 Å². The zero-order valence-corrected chi connectivity index (χ0v) is 17.5. The molecule has 154 valence electrons. The van der Waals surface area contributed by atoms with Crippen LogP contribution in [0.3, 0.4) is 0 Å². The molecule has 0 spiro atoms. The van der Waals surface area contributed by atoms with Gasteiger partial charge in [0, 0.05) is 38.7 Å². The van der Waals surface area contributed by atoms with Crippen LogP contribution in [-0.2, 0) is 18.3 Å². The number of amides is 1. The molecule has 0 aliphatic heterocycles. The first kappa shape index (κ1) is 21.8. The molecule has 0 aliphatic rings. The minimum atomic E-state index is -1.11. The zero-order chi connectivity index (χ0) is 21.4. The van der Waals surface area contributed by atoms with Crippen LogP contribution in [0.25, 0.3) is 11.0 Å². The van der Waals surface area contributed by atoms with Crippen molar-refractivity contribution in [2.75, 3.05) is 20.7 Å². The van der Waals surface area contributed by atoms with Crippen molar-refractivity contribution < 1.29 is 24.5 Å². The average molecular weight is 391 g/mol. The molecule has 1 heterocycles. The fraction of sp³-hybridized carbons (Fsp3) is 0.550. The van der Waals surface area contributed by atoms with E-state index in [1.165, 1.54) is 4.90 Å². The Balaban J connectivity index is 2.85. The number of aliphatic hydroxyl groups excluding tert-OH is 2. The summed E-state index contributed by atoms with van der Waals surface area (Å²) in [6, 6.07) is 1.69. The fourth-order valence-electron chi connectivity index (χ4n) is 2.74. The Morgan fingerprint density at radius 1 is 1.32 bits per heavy atom. The number of nitrogens with zero attached hydrogens (tertiary/aromatic N) is 3. The standard InChI is InChI=1S/C20H29N3O5/c1-11-21-16-15(23(11)7)9-14(18(26)22(5)6)13(8-12(25)10-24)17(16)28-19(27)20(2,3)4/h9,12,24-25H,8,10H2,1-7H3. The second kappa shape index (κ2) is 7.89. The number of ether oxygens (including phenoxy) is 1. The molecule has 8 nitrogen and oxygen atoms in total. The van der Waals surface area contributed by atoms with Crippen LogP contribution >= 0.6 is 0 Å². The lowest BCUT2D eigenvalue weighted by Crippen LogP contribution is -2.28. The van der Waals surface area contributed by atoms with E-state index < -0.39 is 24.1 Å². The smallest absolute Gasteiger partial charge is 0.316 e. The zero-order valence-electron chi connectivity index (χ0n) is 17.5. The van der Waals surface area contributed by atoms with Crippen molar-refractivity contribution in [3.63, 3.8) is 0 Å². The number of carbonyl (C=O) groups is 2. The first-order valence-corrected chi connectivity index (χ1v) is 9.10. The highest BCUT2D eigenvalue weighted by molar-refractivity contribution is 6.02. The summed E-state index contributed by atoms with van der Waals surface area (Å²) in [6.45, 7) is 6.51. The van der Waals surface area contributed by atoms with Crippen molar-refractivity contribution >= 4 is 22.9 Å². The van der Waals surface area contributed by atoms with Crippen molar-refractivity contribution in [2.45, 2.75) is 40.2 Å². The third-order valence-corrected chi connectivity index (χ3v) is 4.55. The molecule has 2 rings (SSSR count). The molecular weight excluding hydrogens is 362 g/mol. The van der Waals surface area contributed by atoms with Gasteiger partial charge in [-0.25, -0.2) is 4.98 Å². The number of hydrogen-bond donors (Lipinski definition) is 2. The Labute approximate surface area is 164 Å². The predicted octanol–water partition coefficient (Wildman–Crippen LogP) is 1.43. The highest BCUT2D eigenvalue weighted by atomic mass is 16.5. The maximum absolute atomic E-state index is 12.8. The molecular formula is C20H29N3O5. The summed E-state index contributed by atoms with van der Waals surface area (Å²) in [7, 11) is 5.05. The van der Waals surface area contributed by atoms with E-state index in [4.69, 9.17) is 4.74 Å². The summed E-state index contributed by atoms with van der Waals surface area (Å²) >= 11 is 0. The van der Waals surface area contributed by atoms with Crippen LogP contribution in [0, 0.1) is 12.3 Å². The van der Waals surface area contributed by atoms with Gasteiger partial charge in [-0.05, 0) is 33.8 Å². The van der Waals surface area contributed by atoms with Gasteiger partial charge in [0.1, 0.15) is 11.3 Å². The normalized spacial score (nSPS) is 12.9. The van der Waals surface area contributed by atoms with Crippen LogP contribution < -0.4 is 4.74 Å². The number of aromatic nitrogens is 2. The van der Waals surface area contributed by atoms with E-state index in [1.54, 1.807) is 40.9 Å². The monoisotopic (exact) mass is 391 g/mol. The molecule has 0 saturated carbocycles. The third-order valence-electron chi connectivity index (χ3n) is 4.55. The number of carbonyl (C=O) groups excluding carboxylic acids is 2.